The Bertz CT molecular complexity index is 750. The van der Waals surface area contributed by atoms with Gasteiger partial charge in [0.15, 0.2) is 0 Å². The topological polar surface area (TPSA) is 62.6 Å². The van der Waals surface area contributed by atoms with Gasteiger partial charge in [-0.05, 0) is 24.6 Å². The Morgan fingerprint density at radius 2 is 2.26 bits per heavy atom. The van der Waals surface area contributed by atoms with Crippen molar-refractivity contribution in [3.05, 3.63) is 24.4 Å². The molecule has 1 fully saturated rings. The van der Waals surface area contributed by atoms with E-state index >= 15 is 0 Å². The molecule has 0 aliphatic carbocycles. The third kappa shape index (κ3) is 2.91. The lowest BCUT2D eigenvalue weighted by Crippen LogP contribution is -2.22. The summed E-state index contributed by atoms with van der Waals surface area (Å²) in [6.45, 7) is 2.52. The van der Waals surface area contributed by atoms with Crippen molar-refractivity contribution in [3.63, 3.8) is 0 Å². The molecular formula is C16H18FN5O. The smallest absolute Gasteiger partial charge is 0.289 e. The van der Waals surface area contributed by atoms with Crippen LogP contribution in [0.1, 0.15) is 12.8 Å². The first kappa shape index (κ1) is 14.2. The van der Waals surface area contributed by atoms with Gasteiger partial charge >= 0.3 is 0 Å². The quantitative estimate of drug-likeness (QED) is 0.922. The Morgan fingerprint density at radius 1 is 1.30 bits per heavy atom. The number of anilines is 2. The molecule has 1 atom stereocenters. The van der Waals surface area contributed by atoms with E-state index in [0.29, 0.717) is 32.1 Å². The summed E-state index contributed by atoms with van der Waals surface area (Å²) in [6, 6.07) is 6.17. The second-order valence-corrected chi connectivity index (χ2v) is 5.74. The summed E-state index contributed by atoms with van der Waals surface area (Å²) in [5.41, 5.74) is 2.32. The molecule has 1 N–H and O–H groups in total. The number of aliphatic imine (C=N–C) groups is 1. The molecule has 0 radical (unpaired) electrons. The van der Waals surface area contributed by atoms with Crippen molar-refractivity contribution >= 4 is 28.6 Å². The van der Waals surface area contributed by atoms with Gasteiger partial charge in [0, 0.05) is 25.7 Å². The zero-order valence-corrected chi connectivity index (χ0v) is 12.7. The average Bonchev–Trinajstić information content (AvgIpc) is 3.02. The maximum atomic E-state index is 13.4. The SMILES string of the molecule is F[C@H]1CCN(c2ccc3nccc(NC4=NCCCO4)c3n2)C1. The molecule has 120 valence electrons. The van der Waals surface area contributed by atoms with Gasteiger partial charge in [-0.15, -0.1) is 0 Å². The molecule has 2 aromatic heterocycles. The fraction of sp³-hybridized carbons (Fsp3) is 0.438. The molecule has 23 heavy (non-hydrogen) atoms. The predicted octanol–water partition coefficient (Wildman–Crippen LogP) is 2.37. The van der Waals surface area contributed by atoms with Crippen LogP contribution >= 0.6 is 0 Å². The molecule has 0 unspecified atom stereocenters. The normalized spacial score (nSPS) is 21.2. The molecule has 4 rings (SSSR count). The number of hydrogen-bond acceptors (Lipinski definition) is 6. The monoisotopic (exact) mass is 315 g/mol. The van der Waals surface area contributed by atoms with Crippen LogP contribution in [0.4, 0.5) is 15.9 Å². The maximum absolute atomic E-state index is 13.4. The van der Waals surface area contributed by atoms with E-state index in [1.165, 1.54) is 0 Å². The van der Waals surface area contributed by atoms with E-state index < -0.39 is 6.17 Å². The largest absolute Gasteiger partial charge is 0.465 e. The highest BCUT2D eigenvalue weighted by Crippen LogP contribution is 2.26. The van der Waals surface area contributed by atoms with Crippen molar-refractivity contribution in [1.29, 1.82) is 0 Å². The Kier molecular flexibility index (Phi) is 3.69. The van der Waals surface area contributed by atoms with Gasteiger partial charge in [-0.25, -0.2) is 14.4 Å². The predicted molar refractivity (Wildman–Crippen MR) is 87.8 cm³/mol. The number of nitrogens with zero attached hydrogens (tertiary/aromatic N) is 4. The third-order valence-electron chi connectivity index (χ3n) is 4.06. The highest BCUT2D eigenvalue weighted by atomic mass is 19.1. The van der Waals surface area contributed by atoms with Gasteiger partial charge in [0.05, 0.1) is 24.4 Å². The number of alkyl halides is 1. The van der Waals surface area contributed by atoms with Crippen LogP contribution in [0.25, 0.3) is 11.0 Å². The fourth-order valence-electron chi connectivity index (χ4n) is 2.87. The van der Waals surface area contributed by atoms with E-state index in [0.717, 1.165) is 35.5 Å². The molecule has 0 aromatic carbocycles. The Hall–Kier alpha value is -2.44. The molecule has 0 amide bonds. The highest BCUT2D eigenvalue weighted by Gasteiger charge is 2.23. The lowest BCUT2D eigenvalue weighted by Gasteiger charge is -2.18. The molecule has 0 saturated carbocycles. The van der Waals surface area contributed by atoms with Crippen molar-refractivity contribution in [1.82, 2.24) is 9.97 Å². The van der Waals surface area contributed by atoms with E-state index in [1.54, 1.807) is 6.20 Å². The van der Waals surface area contributed by atoms with E-state index in [-0.39, 0.29) is 0 Å². The van der Waals surface area contributed by atoms with Gasteiger partial charge in [-0.3, -0.25) is 4.98 Å². The molecule has 0 bridgehead atoms. The minimum Gasteiger partial charge on any atom is -0.465 e. The number of halogens is 1. The van der Waals surface area contributed by atoms with Crippen LogP contribution in [0.15, 0.2) is 29.4 Å². The lowest BCUT2D eigenvalue weighted by molar-refractivity contribution is 0.282. The van der Waals surface area contributed by atoms with Crippen molar-refractivity contribution in [2.45, 2.75) is 19.0 Å². The maximum Gasteiger partial charge on any atom is 0.289 e. The summed E-state index contributed by atoms with van der Waals surface area (Å²) >= 11 is 0. The van der Waals surface area contributed by atoms with E-state index in [9.17, 15) is 4.39 Å². The number of aromatic nitrogens is 2. The van der Waals surface area contributed by atoms with Crippen molar-refractivity contribution in [2.24, 2.45) is 4.99 Å². The van der Waals surface area contributed by atoms with Crippen LogP contribution in [-0.2, 0) is 4.74 Å². The molecule has 6 nitrogen and oxygen atoms in total. The highest BCUT2D eigenvalue weighted by molar-refractivity contribution is 5.98. The van der Waals surface area contributed by atoms with E-state index in [4.69, 9.17) is 4.74 Å². The Morgan fingerprint density at radius 3 is 3.04 bits per heavy atom. The fourth-order valence-corrected chi connectivity index (χ4v) is 2.87. The molecule has 2 aromatic rings. The van der Waals surface area contributed by atoms with Gasteiger partial charge in [-0.1, -0.05) is 0 Å². The van der Waals surface area contributed by atoms with Crippen LogP contribution in [-0.4, -0.2) is 48.4 Å². The van der Waals surface area contributed by atoms with Gasteiger partial charge in [0.2, 0.25) is 0 Å². The molecule has 4 heterocycles. The summed E-state index contributed by atoms with van der Waals surface area (Å²) in [5.74, 6) is 0.778. The zero-order chi connectivity index (χ0) is 15.6. The van der Waals surface area contributed by atoms with E-state index in [2.05, 4.69) is 20.3 Å². The number of rotatable bonds is 2. The summed E-state index contributed by atoms with van der Waals surface area (Å²) < 4.78 is 18.9. The molecule has 2 aliphatic heterocycles. The summed E-state index contributed by atoms with van der Waals surface area (Å²) in [4.78, 5) is 15.3. The number of amidine groups is 1. The molecule has 1 saturated heterocycles. The summed E-state index contributed by atoms with van der Waals surface area (Å²) in [7, 11) is 0. The van der Waals surface area contributed by atoms with Crippen molar-refractivity contribution in [2.75, 3.05) is 36.5 Å². The molecule has 0 spiro atoms. The zero-order valence-electron chi connectivity index (χ0n) is 12.7. The minimum atomic E-state index is -0.774. The van der Waals surface area contributed by atoms with Crippen LogP contribution in [0.2, 0.25) is 0 Å². The first-order chi connectivity index (χ1) is 11.3. The summed E-state index contributed by atoms with van der Waals surface area (Å²) in [6.07, 6.45) is 2.44. The first-order valence-electron chi connectivity index (χ1n) is 7.89. The Labute approximate surface area is 133 Å². The van der Waals surface area contributed by atoms with Crippen LogP contribution < -0.4 is 10.2 Å². The molecule has 7 heteroatoms. The van der Waals surface area contributed by atoms with Gasteiger partial charge in [-0.2, -0.15) is 0 Å². The van der Waals surface area contributed by atoms with Gasteiger partial charge < -0.3 is 15.0 Å². The minimum absolute atomic E-state index is 0.400. The average molecular weight is 315 g/mol. The second-order valence-electron chi connectivity index (χ2n) is 5.74. The number of nitrogens with one attached hydrogen (secondary N) is 1. The number of hydrogen-bond donors (Lipinski definition) is 1. The number of ether oxygens (including phenoxy) is 1. The second kappa shape index (κ2) is 5.98. The van der Waals surface area contributed by atoms with Crippen molar-refractivity contribution in [3.8, 4) is 0 Å². The van der Waals surface area contributed by atoms with Crippen LogP contribution in [0.3, 0.4) is 0 Å². The van der Waals surface area contributed by atoms with Gasteiger partial charge in [0.25, 0.3) is 6.02 Å². The Balaban J connectivity index is 1.68. The first-order valence-corrected chi connectivity index (χ1v) is 7.89. The third-order valence-corrected chi connectivity index (χ3v) is 4.06. The number of pyridine rings is 2. The van der Waals surface area contributed by atoms with Crippen LogP contribution in [0, 0.1) is 0 Å². The van der Waals surface area contributed by atoms with Gasteiger partial charge in [0.1, 0.15) is 17.5 Å². The van der Waals surface area contributed by atoms with Crippen molar-refractivity contribution < 1.29 is 9.13 Å². The molecule has 2 aliphatic rings. The standard InChI is InChI=1S/C16H18FN5O/c17-11-5-8-22(10-11)14-3-2-12-15(21-14)13(4-7-18-12)20-16-19-6-1-9-23-16/h2-4,7,11H,1,5-6,8-10H2,(H,18,19,20)/t11-/m0/s1. The van der Waals surface area contributed by atoms with Crippen LogP contribution in [0.5, 0.6) is 0 Å². The number of fused-ring (bicyclic) bond motifs is 1. The lowest BCUT2D eigenvalue weighted by atomic mass is 10.2. The molecular weight excluding hydrogens is 297 g/mol. The summed E-state index contributed by atoms with van der Waals surface area (Å²) in [5, 5.41) is 3.18. The van der Waals surface area contributed by atoms with E-state index in [1.807, 2.05) is 23.1 Å².